The summed E-state index contributed by atoms with van der Waals surface area (Å²) in [6.45, 7) is 2.13. The molecule has 0 N–H and O–H groups in total. The van der Waals surface area contributed by atoms with Gasteiger partial charge in [0.1, 0.15) is 0 Å². The first kappa shape index (κ1) is 10.2. The van der Waals surface area contributed by atoms with Crippen molar-refractivity contribution in [3.05, 3.63) is 24.3 Å². The zero-order valence-electron chi connectivity index (χ0n) is 6.69. The molecule has 0 atom stereocenters. The third-order valence-corrected chi connectivity index (χ3v) is 3.88. The van der Waals surface area contributed by atoms with Gasteiger partial charge in [0, 0.05) is 18.7 Å². The van der Waals surface area contributed by atoms with E-state index in [1.54, 1.807) is 21.6 Å². The van der Waals surface area contributed by atoms with Gasteiger partial charge in [0.05, 0.1) is 4.90 Å². The maximum atomic E-state index is 4.90. The highest BCUT2D eigenvalue weighted by molar-refractivity contribution is 8.76. The van der Waals surface area contributed by atoms with Crippen molar-refractivity contribution >= 4 is 34.5 Å². The lowest BCUT2D eigenvalue weighted by atomic mass is 10.3. The summed E-state index contributed by atoms with van der Waals surface area (Å²) < 4.78 is 4.90. The van der Waals surface area contributed by atoms with Gasteiger partial charge < -0.3 is 4.18 Å². The molecule has 12 heavy (non-hydrogen) atoms. The van der Waals surface area contributed by atoms with Gasteiger partial charge in [-0.25, -0.2) is 0 Å². The lowest BCUT2D eigenvalue weighted by molar-refractivity contribution is 0.641. The summed E-state index contributed by atoms with van der Waals surface area (Å²) in [7, 11) is 3.51. The second-order valence-electron chi connectivity index (χ2n) is 2.03. The Labute approximate surface area is 86.3 Å². The smallest absolute Gasteiger partial charge is 0.151 e. The van der Waals surface area contributed by atoms with Gasteiger partial charge in [-0.3, -0.25) is 0 Å². The summed E-state index contributed by atoms with van der Waals surface area (Å²) in [4.78, 5) is 1.12. The predicted molar refractivity (Wildman–Crippen MR) is 60.0 cm³/mol. The second kappa shape index (κ2) is 5.67. The lowest BCUT2D eigenvalue weighted by Crippen LogP contribution is -1.77. The number of thiol groups is 1. The fraction of sp³-hybridized carbons (Fsp3) is 0.250. The van der Waals surface area contributed by atoms with Crippen LogP contribution in [0.1, 0.15) is 6.92 Å². The molecule has 0 aromatic heterocycles. The predicted octanol–water partition coefficient (Wildman–Crippen LogP) is 3.67. The van der Waals surface area contributed by atoms with E-state index < -0.39 is 0 Å². The highest BCUT2D eigenvalue weighted by atomic mass is 33.1. The van der Waals surface area contributed by atoms with E-state index in [1.807, 2.05) is 24.3 Å². The minimum absolute atomic E-state index is 0.826. The van der Waals surface area contributed by atoms with E-state index in [0.717, 1.165) is 16.4 Å². The van der Waals surface area contributed by atoms with E-state index in [2.05, 4.69) is 19.8 Å². The molecule has 0 spiro atoms. The van der Waals surface area contributed by atoms with Crippen LogP contribution in [0.4, 0.5) is 0 Å². The summed E-state index contributed by atoms with van der Waals surface area (Å²) in [5.74, 6) is 1.91. The van der Waals surface area contributed by atoms with Crippen LogP contribution in [0.25, 0.3) is 0 Å². The van der Waals surface area contributed by atoms with E-state index in [0.29, 0.717) is 0 Å². The molecular formula is C8H10OS3. The van der Waals surface area contributed by atoms with Crippen LogP contribution >= 0.6 is 34.5 Å². The molecule has 0 saturated carbocycles. The fourth-order valence-corrected chi connectivity index (χ4v) is 2.66. The van der Waals surface area contributed by atoms with Gasteiger partial charge in [0.25, 0.3) is 0 Å². The average molecular weight is 218 g/mol. The highest BCUT2D eigenvalue weighted by Crippen LogP contribution is 2.37. The van der Waals surface area contributed by atoms with Crippen molar-refractivity contribution in [2.75, 3.05) is 5.75 Å². The molecule has 1 aromatic rings. The highest BCUT2D eigenvalue weighted by Gasteiger charge is 2.01. The average Bonchev–Trinajstić information content (AvgIpc) is 2.15. The second-order valence-corrected chi connectivity index (χ2v) is 4.84. The van der Waals surface area contributed by atoms with E-state index >= 15 is 0 Å². The number of rotatable bonds is 4. The molecule has 0 aliphatic carbocycles. The summed E-state index contributed by atoms with van der Waals surface area (Å²) >= 11 is 3.78. The molecule has 0 aliphatic rings. The molecule has 1 nitrogen and oxygen atoms in total. The normalized spacial score (nSPS) is 9.83. The van der Waals surface area contributed by atoms with Crippen molar-refractivity contribution in [2.45, 2.75) is 11.8 Å². The molecular weight excluding hydrogens is 208 g/mol. The number of hydrogen-bond acceptors (Lipinski definition) is 4. The first-order valence-corrected chi connectivity index (χ1v) is 6.26. The maximum absolute atomic E-state index is 4.90. The zero-order valence-corrected chi connectivity index (χ0v) is 9.22. The standard InChI is InChI=1S/C8H10OS3/c1-2-11-12-8-6-4-3-5-7(8)9-10/h3-6,10H,2H2,1H3. The van der Waals surface area contributed by atoms with E-state index in [9.17, 15) is 0 Å². The largest absolute Gasteiger partial charge is 0.428 e. The van der Waals surface area contributed by atoms with Crippen LogP contribution in [0.3, 0.4) is 0 Å². The van der Waals surface area contributed by atoms with Crippen LogP contribution in [0, 0.1) is 0 Å². The zero-order chi connectivity index (χ0) is 8.81. The molecule has 0 radical (unpaired) electrons. The molecule has 0 unspecified atom stereocenters. The Balaban J connectivity index is 2.68. The molecule has 0 fully saturated rings. The Morgan fingerprint density at radius 1 is 1.42 bits per heavy atom. The van der Waals surface area contributed by atoms with Crippen molar-refractivity contribution in [1.82, 2.24) is 0 Å². The molecule has 1 aromatic carbocycles. The van der Waals surface area contributed by atoms with Gasteiger partial charge in [-0.15, -0.1) is 0 Å². The molecule has 0 saturated heterocycles. The van der Waals surface area contributed by atoms with Gasteiger partial charge in [0.15, 0.2) is 5.75 Å². The number of benzene rings is 1. The Bertz CT molecular complexity index is 239. The van der Waals surface area contributed by atoms with Gasteiger partial charge in [-0.2, -0.15) is 0 Å². The van der Waals surface area contributed by atoms with Crippen LogP contribution in [0.2, 0.25) is 0 Å². The van der Waals surface area contributed by atoms with Gasteiger partial charge in [-0.1, -0.05) is 40.6 Å². The van der Waals surface area contributed by atoms with Crippen molar-refractivity contribution in [2.24, 2.45) is 0 Å². The Kier molecular flexibility index (Phi) is 4.80. The monoisotopic (exact) mass is 218 g/mol. The van der Waals surface area contributed by atoms with Gasteiger partial charge >= 0.3 is 0 Å². The molecule has 4 heteroatoms. The minimum Gasteiger partial charge on any atom is -0.428 e. The van der Waals surface area contributed by atoms with E-state index in [4.69, 9.17) is 4.18 Å². The quantitative estimate of drug-likeness (QED) is 0.469. The van der Waals surface area contributed by atoms with Crippen LogP contribution in [-0.4, -0.2) is 5.75 Å². The van der Waals surface area contributed by atoms with Crippen molar-refractivity contribution in [3.63, 3.8) is 0 Å². The first-order valence-electron chi connectivity index (χ1n) is 3.58. The third-order valence-electron chi connectivity index (χ3n) is 1.21. The summed E-state index contributed by atoms with van der Waals surface area (Å²) in [6.07, 6.45) is 0. The Morgan fingerprint density at radius 3 is 2.83 bits per heavy atom. The van der Waals surface area contributed by atoms with Crippen molar-refractivity contribution < 1.29 is 4.18 Å². The molecule has 0 bridgehead atoms. The van der Waals surface area contributed by atoms with Crippen LogP contribution in [0.5, 0.6) is 5.75 Å². The first-order chi connectivity index (χ1) is 5.88. The summed E-state index contributed by atoms with van der Waals surface area (Å²) in [5.41, 5.74) is 0. The maximum Gasteiger partial charge on any atom is 0.151 e. The molecule has 0 heterocycles. The van der Waals surface area contributed by atoms with Crippen LogP contribution in [0.15, 0.2) is 29.2 Å². The van der Waals surface area contributed by atoms with Gasteiger partial charge in [-0.05, 0) is 12.1 Å². The summed E-state index contributed by atoms with van der Waals surface area (Å²) in [6, 6.07) is 7.87. The molecule has 1 rings (SSSR count). The van der Waals surface area contributed by atoms with E-state index in [-0.39, 0.29) is 0 Å². The van der Waals surface area contributed by atoms with E-state index in [1.165, 1.54) is 0 Å². The Morgan fingerprint density at radius 2 is 2.17 bits per heavy atom. The molecule has 0 aliphatic heterocycles. The van der Waals surface area contributed by atoms with Crippen LogP contribution in [-0.2, 0) is 0 Å². The number of para-hydroxylation sites is 1. The van der Waals surface area contributed by atoms with Crippen LogP contribution < -0.4 is 4.18 Å². The van der Waals surface area contributed by atoms with Gasteiger partial charge in [0.2, 0.25) is 0 Å². The molecule has 66 valence electrons. The van der Waals surface area contributed by atoms with Crippen molar-refractivity contribution in [3.8, 4) is 5.75 Å². The minimum atomic E-state index is 0.826. The van der Waals surface area contributed by atoms with Crippen molar-refractivity contribution in [1.29, 1.82) is 0 Å². The topological polar surface area (TPSA) is 9.23 Å². The fourth-order valence-electron chi connectivity index (χ4n) is 0.717. The third kappa shape index (κ3) is 2.84. The Hall–Kier alpha value is 0.0700. The molecule has 0 amide bonds. The summed E-state index contributed by atoms with van der Waals surface area (Å²) in [5, 5.41) is 0. The number of hydrogen-bond donors (Lipinski definition) is 1. The lowest BCUT2D eigenvalue weighted by Gasteiger charge is -2.03. The SMILES string of the molecule is CCSSc1ccccc1OS.